The number of likely N-dealkylation sites (N-methyl/N-ethyl adjacent to an activating group) is 2. The molecule has 20 heavy (non-hydrogen) atoms. The van der Waals surface area contributed by atoms with E-state index in [1.54, 1.807) is 23.9 Å². The van der Waals surface area contributed by atoms with Crippen LogP contribution in [0.25, 0.3) is 0 Å². The normalized spacial score (nSPS) is 12.9. The molecule has 0 heterocycles. The zero-order chi connectivity index (χ0) is 15.9. The molecule has 0 aliphatic heterocycles. The Morgan fingerprint density at radius 2 is 1.60 bits per heavy atom. The molecular weight excluding hydrogens is 252 g/mol. The highest BCUT2D eigenvalue weighted by Gasteiger charge is 2.27. The lowest BCUT2D eigenvalue weighted by Gasteiger charge is -2.29. The van der Waals surface area contributed by atoms with Crippen LogP contribution in [-0.4, -0.2) is 48.3 Å². The molecule has 2 amide bonds. The third kappa shape index (κ3) is 6.40. The Morgan fingerprint density at radius 1 is 1.05 bits per heavy atom. The molecule has 0 aromatic rings. The Labute approximate surface area is 124 Å². The Bertz CT molecular complexity index is 321. The summed E-state index contributed by atoms with van der Waals surface area (Å²) in [6, 6.07) is 0.160. The molecule has 0 N–H and O–H groups in total. The van der Waals surface area contributed by atoms with E-state index in [0.29, 0.717) is 6.54 Å². The van der Waals surface area contributed by atoms with E-state index >= 15 is 0 Å². The average molecular weight is 284 g/mol. The summed E-state index contributed by atoms with van der Waals surface area (Å²) >= 11 is 0. The largest absolute Gasteiger partial charge is 0.337 e. The topological polar surface area (TPSA) is 40.6 Å². The molecule has 1 unspecified atom stereocenters. The Balaban J connectivity index is 4.55. The van der Waals surface area contributed by atoms with Crippen molar-refractivity contribution in [2.24, 2.45) is 5.41 Å². The summed E-state index contributed by atoms with van der Waals surface area (Å²) in [5.41, 5.74) is 0.164. The predicted molar refractivity (Wildman–Crippen MR) is 83.5 cm³/mol. The quantitative estimate of drug-likeness (QED) is 0.704. The lowest BCUT2D eigenvalue weighted by Crippen LogP contribution is -2.46. The fourth-order valence-electron chi connectivity index (χ4n) is 2.09. The molecular formula is C16H32N2O2. The van der Waals surface area contributed by atoms with Gasteiger partial charge in [0.15, 0.2) is 0 Å². The monoisotopic (exact) mass is 284 g/mol. The first-order chi connectivity index (χ1) is 9.14. The maximum Gasteiger partial charge on any atom is 0.312 e. The van der Waals surface area contributed by atoms with Gasteiger partial charge in [0.05, 0.1) is 0 Å². The van der Waals surface area contributed by atoms with Crippen LogP contribution in [0, 0.1) is 5.41 Å². The number of nitrogens with zero attached hydrogens (tertiary/aromatic N) is 2. The number of hydrogen-bond acceptors (Lipinski definition) is 2. The minimum atomic E-state index is -0.397. The van der Waals surface area contributed by atoms with Crippen molar-refractivity contribution < 1.29 is 9.59 Å². The van der Waals surface area contributed by atoms with Gasteiger partial charge in [0.2, 0.25) is 0 Å². The third-order valence-electron chi connectivity index (χ3n) is 3.69. The zero-order valence-corrected chi connectivity index (χ0v) is 14.3. The van der Waals surface area contributed by atoms with Gasteiger partial charge in [-0.2, -0.15) is 0 Å². The summed E-state index contributed by atoms with van der Waals surface area (Å²) < 4.78 is 0. The van der Waals surface area contributed by atoms with E-state index in [0.717, 1.165) is 25.7 Å². The van der Waals surface area contributed by atoms with Gasteiger partial charge in [-0.05, 0) is 24.7 Å². The highest BCUT2D eigenvalue weighted by Crippen LogP contribution is 2.18. The van der Waals surface area contributed by atoms with Crippen LogP contribution in [0.4, 0.5) is 0 Å². The molecule has 118 valence electrons. The Morgan fingerprint density at radius 3 is 2.00 bits per heavy atom. The van der Waals surface area contributed by atoms with Gasteiger partial charge in [0.25, 0.3) is 0 Å². The molecule has 0 aliphatic rings. The Kier molecular flexibility index (Phi) is 7.84. The van der Waals surface area contributed by atoms with E-state index in [1.807, 2.05) is 0 Å². The predicted octanol–water partition coefficient (Wildman–Crippen LogP) is 2.92. The average Bonchev–Trinajstić information content (AvgIpc) is 2.38. The summed E-state index contributed by atoms with van der Waals surface area (Å²) in [5, 5.41) is 0. The molecule has 0 fully saturated rings. The molecule has 1 atom stereocenters. The van der Waals surface area contributed by atoms with Gasteiger partial charge in [-0.1, -0.05) is 41.0 Å². The SMILES string of the molecule is CCCC(CC)N(C)C(=O)C(=O)N(C)CCC(C)(C)C. The maximum atomic E-state index is 12.2. The summed E-state index contributed by atoms with van der Waals surface area (Å²) in [6.45, 7) is 11.2. The van der Waals surface area contributed by atoms with Gasteiger partial charge in [0.1, 0.15) is 0 Å². The van der Waals surface area contributed by atoms with Gasteiger partial charge in [0, 0.05) is 26.7 Å². The molecule has 0 radical (unpaired) electrons. The van der Waals surface area contributed by atoms with Crippen LogP contribution < -0.4 is 0 Å². The van der Waals surface area contributed by atoms with Crippen molar-refractivity contribution in [3.8, 4) is 0 Å². The first kappa shape index (κ1) is 18.9. The summed E-state index contributed by atoms with van der Waals surface area (Å²) in [6.07, 6.45) is 3.73. The molecule has 4 nitrogen and oxygen atoms in total. The van der Waals surface area contributed by atoms with Crippen LogP contribution in [0.5, 0.6) is 0 Å². The van der Waals surface area contributed by atoms with Gasteiger partial charge >= 0.3 is 11.8 Å². The van der Waals surface area contributed by atoms with E-state index in [9.17, 15) is 9.59 Å². The van der Waals surface area contributed by atoms with Crippen molar-refractivity contribution in [1.82, 2.24) is 9.80 Å². The van der Waals surface area contributed by atoms with Crippen LogP contribution in [0.3, 0.4) is 0 Å². The Hall–Kier alpha value is -1.06. The smallest absolute Gasteiger partial charge is 0.312 e. The minimum absolute atomic E-state index is 0.160. The first-order valence-electron chi connectivity index (χ1n) is 7.66. The van der Waals surface area contributed by atoms with Gasteiger partial charge < -0.3 is 9.80 Å². The van der Waals surface area contributed by atoms with E-state index in [4.69, 9.17) is 0 Å². The van der Waals surface area contributed by atoms with Crippen LogP contribution >= 0.6 is 0 Å². The highest BCUT2D eigenvalue weighted by molar-refractivity contribution is 6.34. The molecule has 0 aromatic heterocycles. The first-order valence-corrected chi connectivity index (χ1v) is 7.66. The van der Waals surface area contributed by atoms with Gasteiger partial charge in [-0.15, -0.1) is 0 Å². The van der Waals surface area contributed by atoms with Crippen LogP contribution in [0.15, 0.2) is 0 Å². The molecule has 0 aromatic carbocycles. The lowest BCUT2D eigenvalue weighted by molar-refractivity contribution is -0.151. The van der Waals surface area contributed by atoms with Crippen molar-refractivity contribution in [2.45, 2.75) is 66.3 Å². The lowest BCUT2D eigenvalue weighted by atomic mass is 9.92. The van der Waals surface area contributed by atoms with E-state index in [2.05, 4.69) is 34.6 Å². The second-order valence-corrected chi connectivity index (χ2v) is 6.80. The van der Waals surface area contributed by atoms with E-state index in [1.165, 1.54) is 0 Å². The molecule has 0 spiro atoms. The summed E-state index contributed by atoms with van der Waals surface area (Å²) in [7, 11) is 3.45. The molecule has 0 aliphatic carbocycles. The van der Waals surface area contributed by atoms with Crippen molar-refractivity contribution in [1.29, 1.82) is 0 Å². The van der Waals surface area contributed by atoms with Crippen molar-refractivity contribution in [2.75, 3.05) is 20.6 Å². The van der Waals surface area contributed by atoms with Crippen LogP contribution in [-0.2, 0) is 9.59 Å². The molecule has 0 saturated carbocycles. The molecule has 4 heteroatoms. The van der Waals surface area contributed by atoms with E-state index < -0.39 is 5.91 Å². The zero-order valence-electron chi connectivity index (χ0n) is 14.3. The van der Waals surface area contributed by atoms with Crippen molar-refractivity contribution >= 4 is 11.8 Å². The minimum Gasteiger partial charge on any atom is -0.337 e. The fourth-order valence-corrected chi connectivity index (χ4v) is 2.09. The molecule has 0 bridgehead atoms. The maximum absolute atomic E-state index is 12.2. The number of rotatable bonds is 6. The van der Waals surface area contributed by atoms with Crippen molar-refractivity contribution in [3.05, 3.63) is 0 Å². The van der Waals surface area contributed by atoms with Crippen LogP contribution in [0.2, 0.25) is 0 Å². The summed E-state index contributed by atoms with van der Waals surface area (Å²) in [4.78, 5) is 27.5. The van der Waals surface area contributed by atoms with E-state index in [-0.39, 0.29) is 17.4 Å². The fraction of sp³-hybridized carbons (Fsp3) is 0.875. The number of amides is 2. The number of carbonyl (C=O) groups is 2. The molecule has 0 saturated heterocycles. The standard InChI is InChI=1S/C16H32N2O2/c1-8-10-13(9-2)18(7)15(20)14(19)17(6)12-11-16(3,4)5/h13H,8-12H2,1-7H3. The summed E-state index contributed by atoms with van der Waals surface area (Å²) in [5.74, 6) is -0.784. The second-order valence-electron chi connectivity index (χ2n) is 6.80. The number of carbonyl (C=O) groups excluding carboxylic acids is 2. The second kappa shape index (κ2) is 8.28. The highest BCUT2D eigenvalue weighted by atomic mass is 16.2. The number of hydrogen-bond donors (Lipinski definition) is 0. The van der Waals surface area contributed by atoms with Gasteiger partial charge in [-0.25, -0.2) is 0 Å². The van der Waals surface area contributed by atoms with Gasteiger partial charge in [-0.3, -0.25) is 9.59 Å². The van der Waals surface area contributed by atoms with Crippen molar-refractivity contribution in [3.63, 3.8) is 0 Å². The molecule has 0 rings (SSSR count). The van der Waals surface area contributed by atoms with Crippen LogP contribution in [0.1, 0.15) is 60.3 Å². The third-order valence-corrected chi connectivity index (χ3v) is 3.69.